The van der Waals surface area contributed by atoms with Crippen molar-refractivity contribution in [3.63, 3.8) is 0 Å². The molecule has 0 radical (unpaired) electrons. The molecule has 3 N–H and O–H groups in total. The van der Waals surface area contributed by atoms with Gasteiger partial charge in [0.2, 0.25) is 0 Å². The molecule has 0 bridgehead atoms. The zero-order valence-electron chi connectivity index (χ0n) is 10.8. The van der Waals surface area contributed by atoms with Crippen molar-refractivity contribution >= 4 is 34.5 Å². The molecule has 0 fully saturated rings. The van der Waals surface area contributed by atoms with Gasteiger partial charge in [0.1, 0.15) is 0 Å². The van der Waals surface area contributed by atoms with E-state index < -0.39 is 0 Å². The fourth-order valence-corrected chi connectivity index (χ4v) is 3.50. The normalized spacial score (nSPS) is 12.9. The van der Waals surface area contributed by atoms with Crippen molar-refractivity contribution in [2.24, 2.45) is 5.84 Å². The quantitative estimate of drug-likeness (QED) is 0.656. The zero-order valence-corrected chi connectivity index (χ0v) is 13.1. The Balaban J connectivity index is 2.31. The number of hydrogen-bond donors (Lipinski definition) is 2. The van der Waals surface area contributed by atoms with Crippen LogP contribution in [0, 0.1) is 6.92 Å². The maximum atomic E-state index is 6.31. The van der Waals surface area contributed by atoms with Gasteiger partial charge in [-0.25, -0.2) is 0 Å². The molecule has 7 heteroatoms. The van der Waals surface area contributed by atoms with Gasteiger partial charge in [0.05, 0.1) is 27.5 Å². The summed E-state index contributed by atoms with van der Waals surface area (Å²) in [5.41, 5.74) is 4.63. The highest BCUT2D eigenvalue weighted by Crippen LogP contribution is 2.32. The second-order valence-corrected chi connectivity index (χ2v) is 5.95. The fourth-order valence-electron chi connectivity index (χ4n) is 2.04. The van der Waals surface area contributed by atoms with Gasteiger partial charge >= 0.3 is 0 Å². The van der Waals surface area contributed by atoms with E-state index in [1.807, 2.05) is 30.0 Å². The summed E-state index contributed by atoms with van der Waals surface area (Å²) in [6.45, 7) is 4.72. The molecule has 2 rings (SSSR count). The number of nitrogens with one attached hydrogen (secondary N) is 1. The van der Waals surface area contributed by atoms with Crippen LogP contribution >= 0.6 is 34.5 Å². The van der Waals surface area contributed by atoms with Gasteiger partial charge in [-0.05, 0) is 25.3 Å². The van der Waals surface area contributed by atoms with Crippen molar-refractivity contribution in [1.29, 1.82) is 0 Å². The van der Waals surface area contributed by atoms with Crippen LogP contribution in [0.15, 0.2) is 11.4 Å². The maximum absolute atomic E-state index is 6.31. The molecule has 0 aliphatic rings. The van der Waals surface area contributed by atoms with Gasteiger partial charge in [-0.2, -0.15) is 5.10 Å². The summed E-state index contributed by atoms with van der Waals surface area (Å²) in [5.74, 6) is 5.65. The number of rotatable bonds is 5. The van der Waals surface area contributed by atoms with E-state index in [1.165, 1.54) is 0 Å². The molecule has 19 heavy (non-hydrogen) atoms. The molecule has 0 aliphatic carbocycles. The first-order valence-corrected chi connectivity index (χ1v) is 7.62. The van der Waals surface area contributed by atoms with Crippen LogP contribution in [-0.2, 0) is 13.0 Å². The summed E-state index contributed by atoms with van der Waals surface area (Å²) < 4.78 is 1.91. The molecular weight excluding hydrogens is 303 g/mol. The molecular formula is C12H16Cl2N4S. The third kappa shape index (κ3) is 2.95. The monoisotopic (exact) mass is 318 g/mol. The highest BCUT2D eigenvalue weighted by Gasteiger charge is 2.21. The Labute approximate surface area is 126 Å². The second kappa shape index (κ2) is 6.24. The predicted octanol–water partition coefficient (Wildman–Crippen LogP) is 3.33. The Morgan fingerprint density at radius 2 is 2.26 bits per heavy atom. The number of hydrazine groups is 1. The largest absolute Gasteiger partial charge is 0.271 e. The maximum Gasteiger partial charge on any atom is 0.0847 e. The third-order valence-electron chi connectivity index (χ3n) is 3.01. The molecule has 2 heterocycles. The van der Waals surface area contributed by atoms with Gasteiger partial charge in [0.25, 0.3) is 0 Å². The summed E-state index contributed by atoms with van der Waals surface area (Å²) in [6.07, 6.45) is 0.657. The molecule has 0 amide bonds. The van der Waals surface area contributed by atoms with E-state index in [0.717, 1.165) is 27.8 Å². The zero-order chi connectivity index (χ0) is 14.0. The van der Waals surface area contributed by atoms with E-state index in [-0.39, 0.29) is 6.04 Å². The third-order valence-corrected chi connectivity index (χ3v) is 4.98. The van der Waals surface area contributed by atoms with Crippen molar-refractivity contribution in [3.8, 4) is 0 Å². The van der Waals surface area contributed by atoms with Gasteiger partial charge in [-0.3, -0.25) is 16.0 Å². The fraction of sp³-hybridized carbons (Fsp3) is 0.417. The molecule has 0 aliphatic heterocycles. The summed E-state index contributed by atoms with van der Waals surface area (Å²) in [6, 6.07) is 1.81. The molecule has 0 aromatic carbocycles. The predicted molar refractivity (Wildman–Crippen MR) is 80.7 cm³/mol. The van der Waals surface area contributed by atoms with Crippen LogP contribution in [-0.4, -0.2) is 9.78 Å². The molecule has 0 saturated carbocycles. The van der Waals surface area contributed by atoms with E-state index in [4.69, 9.17) is 29.0 Å². The van der Waals surface area contributed by atoms with E-state index in [0.29, 0.717) is 11.4 Å². The highest BCUT2D eigenvalue weighted by molar-refractivity contribution is 7.10. The van der Waals surface area contributed by atoms with Gasteiger partial charge in [-0.15, -0.1) is 11.3 Å². The first-order valence-electron chi connectivity index (χ1n) is 5.99. The van der Waals surface area contributed by atoms with Gasteiger partial charge in [-0.1, -0.05) is 23.2 Å². The lowest BCUT2D eigenvalue weighted by Gasteiger charge is -2.16. The van der Waals surface area contributed by atoms with E-state index in [1.54, 1.807) is 11.3 Å². The van der Waals surface area contributed by atoms with Crippen molar-refractivity contribution in [1.82, 2.24) is 15.2 Å². The average Bonchev–Trinajstić information content (AvgIpc) is 2.93. The minimum Gasteiger partial charge on any atom is -0.271 e. The topological polar surface area (TPSA) is 55.9 Å². The van der Waals surface area contributed by atoms with Crippen molar-refractivity contribution in [2.75, 3.05) is 0 Å². The lowest BCUT2D eigenvalue weighted by atomic mass is 10.1. The minimum absolute atomic E-state index is 0.0635. The number of thiophene rings is 1. The van der Waals surface area contributed by atoms with Crippen LogP contribution in [0.4, 0.5) is 0 Å². The van der Waals surface area contributed by atoms with Gasteiger partial charge < -0.3 is 0 Å². The molecule has 1 unspecified atom stereocenters. The Kier molecular flexibility index (Phi) is 4.86. The van der Waals surface area contributed by atoms with E-state index in [2.05, 4.69) is 10.5 Å². The van der Waals surface area contributed by atoms with E-state index in [9.17, 15) is 0 Å². The van der Waals surface area contributed by atoms with Crippen molar-refractivity contribution in [2.45, 2.75) is 32.9 Å². The van der Waals surface area contributed by atoms with Crippen LogP contribution in [0.25, 0.3) is 0 Å². The summed E-state index contributed by atoms with van der Waals surface area (Å²) in [7, 11) is 0. The highest BCUT2D eigenvalue weighted by atomic mass is 35.5. The smallest absolute Gasteiger partial charge is 0.0847 e. The first-order chi connectivity index (χ1) is 9.08. The van der Waals surface area contributed by atoms with Crippen molar-refractivity contribution < 1.29 is 0 Å². The summed E-state index contributed by atoms with van der Waals surface area (Å²) >= 11 is 14.1. The Bertz CT molecular complexity index is 564. The Morgan fingerprint density at radius 1 is 1.53 bits per heavy atom. The minimum atomic E-state index is -0.0635. The number of aromatic nitrogens is 2. The number of aryl methyl sites for hydroxylation is 2. The van der Waals surface area contributed by atoms with Crippen LogP contribution < -0.4 is 11.3 Å². The Morgan fingerprint density at radius 3 is 2.79 bits per heavy atom. The molecule has 0 spiro atoms. The van der Waals surface area contributed by atoms with Crippen LogP contribution in [0.1, 0.15) is 29.2 Å². The van der Waals surface area contributed by atoms with Crippen LogP contribution in [0.2, 0.25) is 10.0 Å². The molecule has 1 atom stereocenters. The summed E-state index contributed by atoms with van der Waals surface area (Å²) in [4.78, 5) is 1.02. The molecule has 104 valence electrons. The SMILES string of the molecule is CCn1nc(C)c(Cl)c1CC(NN)c1sccc1Cl. The number of nitrogens with two attached hydrogens (primary N) is 1. The van der Waals surface area contributed by atoms with Crippen LogP contribution in [0.3, 0.4) is 0 Å². The number of hydrogen-bond acceptors (Lipinski definition) is 4. The second-order valence-electron chi connectivity index (χ2n) is 4.22. The van der Waals surface area contributed by atoms with Crippen molar-refractivity contribution in [3.05, 3.63) is 37.8 Å². The first kappa shape index (κ1) is 14.8. The average molecular weight is 319 g/mol. The van der Waals surface area contributed by atoms with Gasteiger partial charge in [0, 0.05) is 17.8 Å². The molecule has 4 nitrogen and oxygen atoms in total. The molecule has 0 saturated heterocycles. The lowest BCUT2D eigenvalue weighted by molar-refractivity contribution is 0.523. The number of halogens is 2. The van der Waals surface area contributed by atoms with Gasteiger partial charge in [0.15, 0.2) is 0 Å². The molecule has 2 aromatic heterocycles. The molecule has 2 aromatic rings. The standard InChI is InChI=1S/C12H16Cl2N4S/c1-3-18-10(11(14)7(2)17-18)6-9(16-15)12-8(13)4-5-19-12/h4-5,9,16H,3,6,15H2,1-2H3. The van der Waals surface area contributed by atoms with E-state index >= 15 is 0 Å². The Hall–Kier alpha value is -0.590. The number of nitrogens with zero attached hydrogens (tertiary/aromatic N) is 2. The van der Waals surface area contributed by atoms with Crippen LogP contribution in [0.5, 0.6) is 0 Å². The summed E-state index contributed by atoms with van der Waals surface area (Å²) in [5, 5.41) is 7.79. The lowest BCUT2D eigenvalue weighted by Crippen LogP contribution is -2.30.